The molecule has 0 saturated carbocycles. The highest BCUT2D eigenvalue weighted by Gasteiger charge is 2.25. The lowest BCUT2D eigenvalue weighted by atomic mass is 10.1. The molecular formula is C17H24N6O2. The molecule has 1 aliphatic heterocycles. The van der Waals surface area contributed by atoms with E-state index in [1.807, 2.05) is 38.7 Å². The molecule has 1 atom stereocenters. The lowest BCUT2D eigenvalue weighted by Gasteiger charge is -2.35. The van der Waals surface area contributed by atoms with Gasteiger partial charge in [0.1, 0.15) is 17.4 Å². The van der Waals surface area contributed by atoms with Gasteiger partial charge in [-0.05, 0) is 33.8 Å². The van der Waals surface area contributed by atoms with Crippen LogP contribution in [0.25, 0.3) is 0 Å². The van der Waals surface area contributed by atoms with E-state index in [-0.39, 0.29) is 12.1 Å². The predicted molar refractivity (Wildman–Crippen MR) is 93.5 cm³/mol. The van der Waals surface area contributed by atoms with E-state index in [1.54, 1.807) is 6.20 Å². The molecule has 3 rings (SSSR count). The Morgan fingerprint density at radius 1 is 1.24 bits per heavy atom. The second-order valence-corrected chi connectivity index (χ2v) is 6.35. The van der Waals surface area contributed by atoms with Gasteiger partial charge in [-0.3, -0.25) is 0 Å². The van der Waals surface area contributed by atoms with Gasteiger partial charge >= 0.3 is 6.03 Å². The normalized spacial score (nSPS) is 16.0. The molecule has 1 unspecified atom stereocenters. The molecule has 1 fully saturated rings. The lowest BCUT2D eigenvalue weighted by Crippen LogP contribution is -2.52. The Morgan fingerprint density at radius 2 is 1.96 bits per heavy atom. The molecule has 8 heteroatoms. The number of hydrogen-bond acceptors (Lipinski definition) is 6. The average Bonchev–Trinajstić information content (AvgIpc) is 2.93. The summed E-state index contributed by atoms with van der Waals surface area (Å²) >= 11 is 0. The van der Waals surface area contributed by atoms with E-state index in [0.717, 1.165) is 41.7 Å². The smallest absolute Gasteiger partial charge is 0.317 e. The largest absolute Gasteiger partial charge is 0.361 e. The molecule has 2 aromatic rings. The van der Waals surface area contributed by atoms with Crippen LogP contribution in [0.4, 0.5) is 10.6 Å². The van der Waals surface area contributed by atoms with Gasteiger partial charge in [-0.25, -0.2) is 14.8 Å². The first-order valence-corrected chi connectivity index (χ1v) is 8.48. The van der Waals surface area contributed by atoms with Gasteiger partial charge in [0, 0.05) is 37.9 Å². The summed E-state index contributed by atoms with van der Waals surface area (Å²) in [7, 11) is 0. The van der Waals surface area contributed by atoms with Crippen LogP contribution < -0.4 is 10.2 Å². The Kier molecular flexibility index (Phi) is 4.87. The van der Waals surface area contributed by atoms with Crippen molar-refractivity contribution in [1.29, 1.82) is 0 Å². The lowest BCUT2D eigenvalue weighted by molar-refractivity contribution is 0.191. The molecule has 0 aliphatic carbocycles. The average molecular weight is 344 g/mol. The van der Waals surface area contributed by atoms with Crippen molar-refractivity contribution in [3.05, 3.63) is 35.1 Å². The highest BCUT2D eigenvalue weighted by molar-refractivity contribution is 5.75. The van der Waals surface area contributed by atoms with Crippen molar-refractivity contribution < 1.29 is 9.32 Å². The second-order valence-electron chi connectivity index (χ2n) is 6.35. The van der Waals surface area contributed by atoms with Crippen molar-refractivity contribution in [3.8, 4) is 0 Å². The number of piperazine rings is 1. The first-order chi connectivity index (χ1) is 12.0. The summed E-state index contributed by atoms with van der Waals surface area (Å²) in [4.78, 5) is 25.1. The van der Waals surface area contributed by atoms with Crippen molar-refractivity contribution in [3.63, 3.8) is 0 Å². The van der Waals surface area contributed by atoms with Gasteiger partial charge < -0.3 is 19.6 Å². The van der Waals surface area contributed by atoms with Crippen LogP contribution >= 0.6 is 0 Å². The van der Waals surface area contributed by atoms with Gasteiger partial charge in [-0.2, -0.15) is 0 Å². The minimum absolute atomic E-state index is 0.0639. The number of nitrogens with one attached hydrogen (secondary N) is 1. The van der Waals surface area contributed by atoms with Gasteiger partial charge in [-0.15, -0.1) is 0 Å². The van der Waals surface area contributed by atoms with Gasteiger partial charge in [0.15, 0.2) is 0 Å². The van der Waals surface area contributed by atoms with Crippen LogP contribution in [0.5, 0.6) is 0 Å². The summed E-state index contributed by atoms with van der Waals surface area (Å²) in [5, 5.41) is 6.99. The molecule has 8 nitrogen and oxygen atoms in total. The highest BCUT2D eigenvalue weighted by Crippen LogP contribution is 2.21. The zero-order chi connectivity index (χ0) is 18.0. The Morgan fingerprint density at radius 3 is 2.56 bits per heavy atom. The van der Waals surface area contributed by atoms with Gasteiger partial charge in [-0.1, -0.05) is 5.16 Å². The third-order valence-corrected chi connectivity index (χ3v) is 4.51. The fourth-order valence-corrected chi connectivity index (χ4v) is 3.22. The number of aryl methyl sites for hydroxylation is 3. The summed E-state index contributed by atoms with van der Waals surface area (Å²) in [6.07, 6.45) is 1.77. The Bertz CT molecular complexity index is 732. The molecule has 1 N–H and O–H groups in total. The first kappa shape index (κ1) is 17.2. The van der Waals surface area contributed by atoms with E-state index in [1.165, 1.54) is 0 Å². The van der Waals surface area contributed by atoms with Gasteiger partial charge in [0.05, 0.1) is 11.7 Å². The van der Waals surface area contributed by atoms with Crippen molar-refractivity contribution in [2.75, 3.05) is 31.1 Å². The molecule has 0 radical (unpaired) electrons. The summed E-state index contributed by atoms with van der Waals surface area (Å²) in [5.41, 5.74) is 1.76. The van der Waals surface area contributed by atoms with Crippen molar-refractivity contribution in [2.24, 2.45) is 0 Å². The number of aromatic nitrogens is 3. The second kappa shape index (κ2) is 7.08. The van der Waals surface area contributed by atoms with Crippen LogP contribution in [-0.2, 0) is 0 Å². The molecular weight excluding hydrogens is 320 g/mol. The maximum absolute atomic E-state index is 12.5. The number of carbonyl (C=O) groups is 1. The standard InChI is InChI=1S/C17H24N6O2/c1-11(16-12(2)21-25-13(16)3)19-17(24)23-9-7-22(8-10-23)15-5-6-18-14(4)20-15/h5-6,11H,7-10H2,1-4H3,(H,19,24). The maximum atomic E-state index is 12.5. The monoisotopic (exact) mass is 344 g/mol. The van der Waals surface area contributed by atoms with Gasteiger partial charge in [0.2, 0.25) is 0 Å². The molecule has 2 aromatic heterocycles. The van der Waals surface area contributed by atoms with Crippen LogP contribution in [0, 0.1) is 20.8 Å². The minimum Gasteiger partial charge on any atom is -0.361 e. The fourth-order valence-electron chi connectivity index (χ4n) is 3.22. The number of nitrogens with zero attached hydrogens (tertiary/aromatic N) is 5. The molecule has 0 spiro atoms. The van der Waals surface area contributed by atoms with Crippen LogP contribution in [0.1, 0.15) is 35.8 Å². The first-order valence-electron chi connectivity index (χ1n) is 8.48. The van der Waals surface area contributed by atoms with Gasteiger partial charge in [0.25, 0.3) is 0 Å². The Labute approximate surface area is 147 Å². The Balaban J connectivity index is 1.56. The minimum atomic E-state index is -0.138. The highest BCUT2D eigenvalue weighted by atomic mass is 16.5. The number of carbonyl (C=O) groups excluding carboxylic acids is 1. The number of urea groups is 1. The van der Waals surface area contributed by atoms with E-state index < -0.39 is 0 Å². The fraction of sp³-hybridized carbons (Fsp3) is 0.529. The van der Waals surface area contributed by atoms with E-state index in [2.05, 4.69) is 25.3 Å². The molecule has 134 valence electrons. The third-order valence-electron chi connectivity index (χ3n) is 4.51. The number of rotatable bonds is 3. The molecule has 0 bridgehead atoms. The SMILES string of the molecule is Cc1nccc(N2CCN(C(=O)NC(C)c3c(C)noc3C)CC2)n1. The molecule has 25 heavy (non-hydrogen) atoms. The maximum Gasteiger partial charge on any atom is 0.317 e. The third kappa shape index (κ3) is 3.72. The number of hydrogen-bond donors (Lipinski definition) is 1. The van der Waals surface area contributed by atoms with E-state index >= 15 is 0 Å². The summed E-state index contributed by atoms with van der Waals surface area (Å²) in [6, 6.07) is 1.70. The predicted octanol–water partition coefficient (Wildman–Crippen LogP) is 1.98. The number of amides is 2. The Hall–Kier alpha value is -2.64. The van der Waals surface area contributed by atoms with Crippen molar-refractivity contribution in [1.82, 2.24) is 25.3 Å². The summed E-state index contributed by atoms with van der Waals surface area (Å²) in [6.45, 7) is 10.4. The van der Waals surface area contributed by atoms with Crippen LogP contribution in [-0.4, -0.2) is 52.2 Å². The topological polar surface area (TPSA) is 87.4 Å². The quantitative estimate of drug-likeness (QED) is 0.916. The van der Waals surface area contributed by atoms with Crippen LogP contribution in [0.3, 0.4) is 0 Å². The zero-order valence-electron chi connectivity index (χ0n) is 15.1. The summed E-state index contributed by atoms with van der Waals surface area (Å²) in [5.74, 6) is 2.41. The van der Waals surface area contributed by atoms with E-state index in [9.17, 15) is 4.79 Å². The van der Waals surface area contributed by atoms with E-state index in [0.29, 0.717) is 13.1 Å². The van der Waals surface area contributed by atoms with Crippen molar-refractivity contribution >= 4 is 11.8 Å². The summed E-state index contributed by atoms with van der Waals surface area (Å²) < 4.78 is 5.18. The molecule has 1 aliphatic rings. The van der Waals surface area contributed by atoms with Crippen LogP contribution in [0.15, 0.2) is 16.8 Å². The van der Waals surface area contributed by atoms with Crippen LogP contribution in [0.2, 0.25) is 0 Å². The van der Waals surface area contributed by atoms with E-state index in [4.69, 9.17) is 4.52 Å². The zero-order valence-corrected chi connectivity index (χ0v) is 15.1. The number of anilines is 1. The van der Waals surface area contributed by atoms with Crippen molar-refractivity contribution in [2.45, 2.75) is 33.7 Å². The molecule has 1 saturated heterocycles. The molecule has 3 heterocycles. The molecule has 0 aromatic carbocycles. The molecule has 2 amide bonds.